The standard InChI is InChI=1S/C30H50N4O4/c1-19(2)32-20(3)29(36)33-24-14-21(17-35)13-22(15-24)18-38-25-9-10-26(27(16-25)31-4)30(37)34-12-11-23-7-5-6-8-28(23)34/h5,7,15,19-21,23-25,28,30-32,35,37H,6,8-14,16-18H2,1-4H3,(H,33,36)/t20-,21?,23?,24?,25-,28?,30?/m1/s1. The minimum atomic E-state index is -0.525. The van der Waals surface area contributed by atoms with E-state index in [0.29, 0.717) is 18.6 Å². The number of nitrogens with one attached hydrogen (secondary N) is 3. The first-order valence-electron chi connectivity index (χ1n) is 14.8. The zero-order chi connectivity index (χ0) is 27.2. The summed E-state index contributed by atoms with van der Waals surface area (Å²) in [5.74, 6) is 0.679. The average molecular weight is 531 g/mol. The van der Waals surface area contributed by atoms with E-state index in [1.165, 1.54) is 0 Å². The zero-order valence-electron chi connectivity index (χ0n) is 23.8. The van der Waals surface area contributed by atoms with E-state index in [1.54, 1.807) is 0 Å². The van der Waals surface area contributed by atoms with Gasteiger partial charge in [-0.2, -0.15) is 0 Å². The van der Waals surface area contributed by atoms with Crippen molar-refractivity contribution >= 4 is 5.91 Å². The lowest BCUT2D eigenvalue weighted by Crippen LogP contribution is -2.49. The number of hydrogen-bond donors (Lipinski definition) is 5. The fourth-order valence-corrected chi connectivity index (χ4v) is 6.86. The molecule has 8 nitrogen and oxygen atoms in total. The van der Waals surface area contributed by atoms with Crippen LogP contribution in [0.1, 0.15) is 72.1 Å². The molecule has 0 aromatic carbocycles. The fourth-order valence-electron chi connectivity index (χ4n) is 6.86. The summed E-state index contributed by atoms with van der Waals surface area (Å²) in [4.78, 5) is 15.0. The second-order valence-corrected chi connectivity index (χ2v) is 12.0. The predicted molar refractivity (Wildman–Crippen MR) is 150 cm³/mol. The van der Waals surface area contributed by atoms with Gasteiger partial charge in [0, 0.05) is 50.4 Å². The number of ether oxygens (including phenoxy) is 1. The number of carbonyl (C=O) groups excluding carboxylic acids is 1. The van der Waals surface area contributed by atoms with Crippen LogP contribution in [0.15, 0.2) is 35.1 Å². The molecule has 7 atom stereocenters. The Balaban J connectivity index is 1.33. The van der Waals surface area contributed by atoms with E-state index in [4.69, 9.17) is 4.74 Å². The third-order valence-corrected chi connectivity index (χ3v) is 8.78. The molecule has 5 N–H and O–H groups in total. The highest BCUT2D eigenvalue weighted by Crippen LogP contribution is 2.37. The predicted octanol–water partition coefficient (Wildman–Crippen LogP) is 2.59. The molecule has 4 rings (SSSR count). The van der Waals surface area contributed by atoms with Gasteiger partial charge < -0.3 is 30.9 Å². The van der Waals surface area contributed by atoms with Gasteiger partial charge in [0.2, 0.25) is 5.91 Å². The Morgan fingerprint density at radius 2 is 2.03 bits per heavy atom. The summed E-state index contributed by atoms with van der Waals surface area (Å²) in [6.07, 6.45) is 13.7. The normalized spacial score (nSPS) is 31.7. The molecule has 5 unspecified atom stereocenters. The summed E-state index contributed by atoms with van der Waals surface area (Å²) in [6.45, 7) is 7.50. The second-order valence-electron chi connectivity index (χ2n) is 12.0. The van der Waals surface area contributed by atoms with E-state index in [-0.39, 0.29) is 42.7 Å². The number of allylic oxidation sites excluding steroid dienone is 1. The zero-order valence-corrected chi connectivity index (χ0v) is 23.8. The van der Waals surface area contributed by atoms with Gasteiger partial charge in [0.1, 0.15) is 6.23 Å². The summed E-state index contributed by atoms with van der Waals surface area (Å²) < 4.78 is 6.39. The maximum atomic E-state index is 12.6. The van der Waals surface area contributed by atoms with Crippen LogP contribution in [0.5, 0.6) is 0 Å². The van der Waals surface area contributed by atoms with Gasteiger partial charge in [-0.05, 0) is 74.9 Å². The smallest absolute Gasteiger partial charge is 0.237 e. The molecule has 1 amide bonds. The Morgan fingerprint density at radius 1 is 1.21 bits per heavy atom. The summed E-state index contributed by atoms with van der Waals surface area (Å²) in [6, 6.07) is 0.322. The first-order chi connectivity index (χ1) is 18.3. The quantitative estimate of drug-likeness (QED) is 0.262. The summed E-state index contributed by atoms with van der Waals surface area (Å²) in [7, 11) is 1.94. The second kappa shape index (κ2) is 13.6. The molecule has 8 heteroatoms. The number of hydrogen-bond acceptors (Lipinski definition) is 7. The van der Waals surface area contributed by atoms with Gasteiger partial charge in [0.15, 0.2) is 0 Å². The van der Waals surface area contributed by atoms with Gasteiger partial charge >= 0.3 is 0 Å². The maximum absolute atomic E-state index is 12.6. The van der Waals surface area contributed by atoms with Crippen molar-refractivity contribution in [2.24, 2.45) is 11.8 Å². The van der Waals surface area contributed by atoms with Crippen molar-refractivity contribution in [1.29, 1.82) is 0 Å². The largest absolute Gasteiger partial charge is 0.396 e. The molecule has 0 aromatic heterocycles. The van der Waals surface area contributed by atoms with Gasteiger partial charge in [0.05, 0.1) is 18.8 Å². The van der Waals surface area contributed by atoms with E-state index >= 15 is 0 Å². The molecule has 0 bridgehead atoms. The van der Waals surface area contributed by atoms with E-state index in [9.17, 15) is 15.0 Å². The molecule has 214 valence electrons. The molecular weight excluding hydrogens is 480 g/mol. The van der Waals surface area contributed by atoms with E-state index in [0.717, 1.165) is 74.8 Å². The lowest BCUT2D eigenvalue weighted by atomic mass is 9.86. The number of carbonyl (C=O) groups is 1. The van der Waals surface area contributed by atoms with Crippen LogP contribution in [-0.4, -0.2) is 84.3 Å². The Bertz CT molecular complexity index is 901. The number of likely N-dealkylation sites (tertiary alicyclic amines) is 1. The van der Waals surface area contributed by atoms with Crippen molar-refractivity contribution in [2.75, 3.05) is 26.8 Å². The Labute approximate surface area is 229 Å². The molecule has 0 aromatic rings. The van der Waals surface area contributed by atoms with Crippen LogP contribution in [-0.2, 0) is 9.53 Å². The van der Waals surface area contributed by atoms with Crippen molar-refractivity contribution in [3.05, 3.63) is 35.1 Å². The molecule has 0 radical (unpaired) electrons. The highest BCUT2D eigenvalue weighted by molar-refractivity contribution is 5.81. The monoisotopic (exact) mass is 530 g/mol. The molecule has 4 aliphatic rings. The minimum absolute atomic E-state index is 0.0189. The Kier molecular flexibility index (Phi) is 10.5. The number of aliphatic hydroxyl groups is 2. The van der Waals surface area contributed by atoms with Gasteiger partial charge in [-0.3, -0.25) is 9.69 Å². The molecule has 1 aliphatic heterocycles. The van der Waals surface area contributed by atoms with Crippen LogP contribution in [0.4, 0.5) is 0 Å². The molecule has 0 saturated carbocycles. The van der Waals surface area contributed by atoms with Crippen molar-refractivity contribution in [3.63, 3.8) is 0 Å². The van der Waals surface area contributed by atoms with Crippen molar-refractivity contribution in [1.82, 2.24) is 20.9 Å². The molecular formula is C30H50N4O4. The highest BCUT2D eigenvalue weighted by Gasteiger charge is 2.39. The summed E-state index contributed by atoms with van der Waals surface area (Å²) in [5.41, 5.74) is 3.36. The third-order valence-electron chi connectivity index (χ3n) is 8.78. The SMILES string of the molecule is CNC1=C(C(O)N2CCC3C=CCCC32)CC[C@@H](OCC2=CC(NC(=O)[C@@H](C)NC(C)C)CC(CO)C2)C1. The number of fused-ring (bicyclic) bond motifs is 1. The minimum Gasteiger partial charge on any atom is -0.396 e. The summed E-state index contributed by atoms with van der Waals surface area (Å²) >= 11 is 0. The first kappa shape index (κ1) is 29.3. The van der Waals surface area contributed by atoms with Crippen LogP contribution in [0.2, 0.25) is 0 Å². The Hall–Kier alpha value is -1.71. The molecule has 1 fully saturated rings. The van der Waals surface area contributed by atoms with Gasteiger partial charge in [0.25, 0.3) is 0 Å². The van der Waals surface area contributed by atoms with Crippen LogP contribution < -0.4 is 16.0 Å². The third kappa shape index (κ3) is 7.27. The highest BCUT2D eigenvalue weighted by atomic mass is 16.5. The first-order valence-corrected chi connectivity index (χ1v) is 14.8. The van der Waals surface area contributed by atoms with E-state index < -0.39 is 6.23 Å². The van der Waals surface area contributed by atoms with Crippen molar-refractivity contribution in [2.45, 2.75) is 109 Å². The van der Waals surface area contributed by atoms with Gasteiger partial charge in [-0.15, -0.1) is 0 Å². The van der Waals surface area contributed by atoms with E-state index in [2.05, 4.69) is 39.1 Å². The van der Waals surface area contributed by atoms with Gasteiger partial charge in [-0.25, -0.2) is 0 Å². The van der Waals surface area contributed by atoms with Crippen LogP contribution in [0, 0.1) is 11.8 Å². The number of rotatable bonds is 11. The molecule has 1 saturated heterocycles. The molecule has 1 heterocycles. The fraction of sp³-hybridized carbons (Fsp3) is 0.767. The number of amides is 1. The van der Waals surface area contributed by atoms with Crippen LogP contribution >= 0.6 is 0 Å². The lowest BCUT2D eigenvalue weighted by molar-refractivity contribution is -0.123. The van der Waals surface area contributed by atoms with E-state index in [1.807, 2.05) is 27.8 Å². The average Bonchev–Trinajstić information content (AvgIpc) is 3.35. The number of aliphatic hydroxyl groups excluding tert-OH is 2. The van der Waals surface area contributed by atoms with Crippen molar-refractivity contribution < 1.29 is 19.7 Å². The molecule has 38 heavy (non-hydrogen) atoms. The van der Waals surface area contributed by atoms with Crippen molar-refractivity contribution in [3.8, 4) is 0 Å². The van der Waals surface area contributed by atoms with Crippen LogP contribution in [0.25, 0.3) is 0 Å². The molecule has 3 aliphatic carbocycles. The lowest BCUT2D eigenvalue weighted by Gasteiger charge is -2.37. The Morgan fingerprint density at radius 3 is 2.76 bits per heavy atom. The van der Waals surface area contributed by atoms with Gasteiger partial charge in [-0.1, -0.05) is 32.1 Å². The number of nitrogens with zero attached hydrogens (tertiary/aromatic N) is 1. The maximum Gasteiger partial charge on any atom is 0.237 e. The van der Waals surface area contributed by atoms with Crippen LogP contribution in [0.3, 0.4) is 0 Å². The topological polar surface area (TPSA) is 106 Å². The summed E-state index contributed by atoms with van der Waals surface area (Å²) in [5, 5.41) is 31.0. The molecule has 0 spiro atoms.